The molecule has 29 heavy (non-hydrogen) atoms. The smallest absolute Gasteiger partial charge is 0.249 e. The summed E-state index contributed by atoms with van der Waals surface area (Å²) in [7, 11) is 1.61. The summed E-state index contributed by atoms with van der Waals surface area (Å²) in [5, 5.41) is 12.3. The summed E-state index contributed by atoms with van der Waals surface area (Å²) in [5.74, 6) is 0.633. The van der Waals surface area contributed by atoms with Crippen LogP contribution < -0.4 is 10.1 Å². The molecule has 3 rings (SSSR count). The molecule has 2 heterocycles. The van der Waals surface area contributed by atoms with E-state index in [1.54, 1.807) is 12.0 Å². The highest BCUT2D eigenvalue weighted by Gasteiger charge is 2.34. The number of amides is 2. The van der Waals surface area contributed by atoms with Crippen LogP contribution in [0, 0.1) is 0 Å². The molecule has 7 nitrogen and oxygen atoms in total. The molecule has 2 amide bonds. The van der Waals surface area contributed by atoms with E-state index < -0.39 is 6.04 Å². The molecule has 1 aliphatic heterocycles. The van der Waals surface area contributed by atoms with Gasteiger partial charge in [-0.25, -0.2) is 0 Å². The average Bonchev–Trinajstić information content (AvgIpc) is 3.41. The number of nitrogens with zero attached hydrogens (tertiary/aromatic N) is 3. The minimum absolute atomic E-state index is 0.0769. The normalized spacial score (nSPS) is 16.1. The number of hydrogen-bond acceptors (Lipinski definition) is 6. The summed E-state index contributed by atoms with van der Waals surface area (Å²) in [6, 6.07) is 7.13. The Morgan fingerprint density at radius 2 is 2.14 bits per heavy atom. The Bertz CT molecular complexity index is 839. The van der Waals surface area contributed by atoms with E-state index in [9.17, 15) is 9.59 Å². The predicted molar refractivity (Wildman–Crippen MR) is 114 cm³/mol. The number of unbranched alkanes of at least 4 members (excludes halogenated alkanes) is 3. The average molecular weight is 417 g/mol. The first kappa shape index (κ1) is 21.2. The number of carbonyl (C=O) groups is 2. The first-order valence-electron chi connectivity index (χ1n) is 10.2. The molecule has 1 fully saturated rings. The van der Waals surface area contributed by atoms with E-state index in [2.05, 4.69) is 22.4 Å². The zero-order valence-corrected chi connectivity index (χ0v) is 17.8. The van der Waals surface area contributed by atoms with Crippen LogP contribution in [0.15, 0.2) is 24.3 Å². The van der Waals surface area contributed by atoms with Gasteiger partial charge in [0.15, 0.2) is 0 Å². The highest BCUT2D eigenvalue weighted by atomic mass is 32.1. The number of carbonyl (C=O) groups excluding carboxylic acids is 2. The molecule has 1 aromatic heterocycles. The second-order valence-corrected chi connectivity index (χ2v) is 8.17. The molecular weight excluding hydrogens is 388 g/mol. The number of likely N-dealkylation sites (tertiary alicyclic amines) is 1. The molecule has 0 bridgehead atoms. The van der Waals surface area contributed by atoms with Crippen LogP contribution in [0.25, 0.3) is 10.6 Å². The monoisotopic (exact) mass is 416 g/mol. The van der Waals surface area contributed by atoms with E-state index in [1.807, 2.05) is 24.3 Å². The van der Waals surface area contributed by atoms with Crippen molar-refractivity contribution in [2.45, 2.75) is 57.9 Å². The molecule has 0 spiro atoms. The third-order valence-electron chi connectivity index (χ3n) is 5.09. The van der Waals surface area contributed by atoms with Crippen molar-refractivity contribution in [2.24, 2.45) is 0 Å². The first-order valence-corrected chi connectivity index (χ1v) is 11.0. The van der Waals surface area contributed by atoms with Crippen molar-refractivity contribution in [3.63, 3.8) is 0 Å². The highest BCUT2D eigenvalue weighted by molar-refractivity contribution is 7.18. The topological polar surface area (TPSA) is 84.4 Å². The van der Waals surface area contributed by atoms with Gasteiger partial charge >= 0.3 is 0 Å². The second kappa shape index (κ2) is 10.3. The van der Waals surface area contributed by atoms with Crippen LogP contribution in [0.4, 0.5) is 5.13 Å². The van der Waals surface area contributed by atoms with Gasteiger partial charge in [-0.15, -0.1) is 10.2 Å². The van der Waals surface area contributed by atoms with Gasteiger partial charge in [-0.3, -0.25) is 14.9 Å². The third-order valence-corrected chi connectivity index (χ3v) is 5.98. The largest absolute Gasteiger partial charge is 0.497 e. The minimum Gasteiger partial charge on any atom is -0.497 e. The summed E-state index contributed by atoms with van der Waals surface area (Å²) in [6.07, 6.45) is 6.29. The standard InChI is InChI=1S/C21H28N4O3S/c1-3-4-5-6-12-18(26)25-13-8-11-17(25)19(27)22-21-24-23-20(29-21)15-9-7-10-16(14-15)28-2/h7,9-10,14,17H,3-6,8,11-13H2,1-2H3,(H,22,24,27)/t17-/m1/s1. The van der Waals surface area contributed by atoms with Crippen molar-refractivity contribution < 1.29 is 14.3 Å². The van der Waals surface area contributed by atoms with Crippen molar-refractivity contribution in [1.29, 1.82) is 0 Å². The van der Waals surface area contributed by atoms with Crippen LogP contribution in [0.2, 0.25) is 0 Å². The molecule has 1 saturated heterocycles. The maximum atomic E-state index is 12.8. The Morgan fingerprint density at radius 3 is 2.93 bits per heavy atom. The van der Waals surface area contributed by atoms with Crippen LogP contribution in [0.3, 0.4) is 0 Å². The number of nitrogens with one attached hydrogen (secondary N) is 1. The fourth-order valence-electron chi connectivity index (χ4n) is 3.52. The molecule has 0 aliphatic carbocycles. The summed E-state index contributed by atoms with van der Waals surface area (Å²) in [4.78, 5) is 27.0. The van der Waals surface area contributed by atoms with Crippen molar-refractivity contribution in [3.05, 3.63) is 24.3 Å². The lowest BCUT2D eigenvalue weighted by Crippen LogP contribution is -2.43. The van der Waals surface area contributed by atoms with Gasteiger partial charge in [0.2, 0.25) is 16.9 Å². The SMILES string of the molecule is CCCCCCC(=O)N1CCC[C@@H]1C(=O)Nc1nnc(-c2cccc(OC)c2)s1. The number of ether oxygens (including phenoxy) is 1. The summed E-state index contributed by atoms with van der Waals surface area (Å²) < 4.78 is 5.24. The minimum atomic E-state index is -0.419. The maximum absolute atomic E-state index is 12.8. The molecule has 1 aromatic carbocycles. The summed E-state index contributed by atoms with van der Waals surface area (Å²) in [6.45, 7) is 2.80. The molecule has 1 aliphatic rings. The van der Waals surface area contributed by atoms with Crippen LogP contribution >= 0.6 is 11.3 Å². The van der Waals surface area contributed by atoms with Crippen LogP contribution in [0.1, 0.15) is 51.9 Å². The maximum Gasteiger partial charge on any atom is 0.249 e. The van der Waals surface area contributed by atoms with Gasteiger partial charge in [-0.1, -0.05) is 49.7 Å². The van der Waals surface area contributed by atoms with Gasteiger partial charge < -0.3 is 9.64 Å². The van der Waals surface area contributed by atoms with Crippen molar-refractivity contribution in [1.82, 2.24) is 15.1 Å². The zero-order chi connectivity index (χ0) is 20.6. The van der Waals surface area contributed by atoms with Crippen molar-refractivity contribution in [2.75, 3.05) is 19.0 Å². The summed E-state index contributed by atoms with van der Waals surface area (Å²) >= 11 is 1.31. The molecule has 1 N–H and O–H groups in total. The molecule has 0 unspecified atom stereocenters. The van der Waals surface area contributed by atoms with Crippen molar-refractivity contribution >= 4 is 28.3 Å². The zero-order valence-electron chi connectivity index (χ0n) is 17.0. The number of methoxy groups -OCH3 is 1. The Morgan fingerprint density at radius 1 is 1.28 bits per heavy atom. The highest BCUT2D eigenvalue weighted by Crippen LogP contribution is 2.29. The fraction of sp³-hybridized carbons (Fsp3) is 0.524. The van der Waals surface area contributed by atoms with E-state index >= 15 is 0 Å². The van der Waals surface area contributed by atoms with Crippen LogP contribution in [-0.2, 0) is 9.59 Å². The Kier molecular flexibility index (Phi) is 7.57. The van der Waals surface area contributed by atoms with Gasteiger partial charge in [-0.05, 0) is 31.4 Å². The Hall–Kier alpha value is -2.48. The molecule has 1 atom stereocenters. The van der Waals surface area contributed by atoms with Gasteiger partial charge in [0, 0.05) is 18.5 Å². The molecule has 2 aromatic rings. The number of anilines is 1. The van der Waals surface area contributed by atoms with E-state index in [0.29, 0.717) is 29.5 Å². The Labute approximate surface area is 175 Å². The predicted octanol–water partition coefficient (Wildman–Crippen LogP) is 4.11. The van der Waals surface area contributed by atoms with E-state index in [4.69, 9.17) is 4.74 Å². The van der Waals surface area contributed by atoms with E-state index in [1.165, 1.54) is 11.3 Å². The van der Waals surface area contributed by atoms with Gasteiger partial charge in [0.05, 0.1) is 7.11 Å². The van der Waals surface area contributed by atoms with E-state index in [0.717, 1.165) is 43.4 Å². The quantitative estimate of drug-likeness (QED) is 0.622. The number of rotatable bonds is 9. The summed E-state index contributed by atoms with van der Waals surface area (Å²) in [5.41, 5.74) is 0.882. The van der Waals surface area contributed by atoms with Crippen LogP contribution in [-0.4, -0.2) is 46.6 Å². The Balaban J connectivity index is 1.59. The first-order chi connectivity index (χ1) is 14.1. The molecule has 0 saturated carbocycles. The molecule has 0 radical (unpaired) electrons. The molecular formula is C21H28N4O3S. The number of hydrogen-bond donors (Lipinski definition) is 1. The van der Waals surface area contributed by atoms with Crippen LogP contribution in [0.5, 0.6) is 5.75 Å². The lowest BCUT2D eigenvalue weighted by molar-refractivity contribution is -0.136. The number of aromatic nitrogens is 2. The lowest BCUT2D eigenvalue weighted by atomic mass is 10.1. The second-order valence-electron chi connectivity index (χ2n) is 7.19. The van der Waals surface area contributed by atoms with Gasteiger partial charge in [-0.2, -0.15) is 0 Å². The molecule has 8 heteroatoms. The number of benzene rings is 1. The van der Waals surface area contributed by atoms with E-state index in [-0.39, 0.29) is 11.8 Å². The van der Waals surface area contributed by atoms with Gasteiger partial charge in [0.25, 0.3) is 0 Å². The van der Waals surface area contributed by atoms with Gasteiger partial charge in [0.1, 0.15) is 16.8 Å². The molecule has 156 valence electrons. The lowest BCUT2D eigenvalue weighted by Gasteiger charge is -2.23. The third kappa shape index (κ3) is 5.53. The fourth-order valence-corrected chi connectivity index (χ4v) is 4.26. The van der Waals surface area contributed by atoms with Crippen molar-refractivity contribution in [3.8, 4) is 16.3 Å².